The molecule has 1 fully saturated rings. The van der Waals surface area contributed by atoms with Crippen LogP contribution in [0.4, 0.5) is 5.69 Å². The van der Waals surface area contributed by atoms with Crippen molar-refractivity contribution in [2.45, 2.75) is 57.9 Å². The van der Waals surface area contributed by atoms with Gasteiger partial charge in [0.25, 0.3) is 0 Å². The highest BCUT2D eigenvalue weighted by molar-refractivity contribution is 5.77. The van der Waals surface area contributed by atoms with E-state index in [9.17, 15) is 4.79 Å². The number of hydrogen-bond donors (Lipinski definition) is 2. The molecule has 2 atom stereocenters. The normalized spacial score (nSPS) is 17.5. The Balaban J connectivity index is 1.81. The first kappa shape index (κ1) is 14.9. The van der Waals surface area contributed by atoms with Gasteiger partial charge in [-0.3, -0.25) is 4.79 Å². The summed E-state index contributed by atoms with van der Waals surface area (Å²) in [5.41, 5.74) is 7.62. The molecule has 2 rings (SSSR count). The monoisotopic (exact) mass is 274 g/mol. The first-order valence-corrected chi connectivity index (χ1v) is 7.73. The molecule has 1 aromatic carbocycles. The molecule has 1 amide bonds. The third-order valence-corrected chi connectivity index (χ3v) is 4.17. The van der Waals surface area contributed by atoms with E-state index in [1.54, 1.807) is 0 Å². The van der Waals surface area contributed by atoms with Crippen molar-refractivity contribution in [2.75, 3.05) is 5.73 Å². The van der Waals surface area contributed by atoms with Gasteiger partial charge in [0.2, 0.25) is 5.91 Å². The predicted octanol–water partition coefficient (Wildman–Crippen LogP) is 3.46. The highest BCUT2D eigenvalue weighted by Crippen LogP contribution is 2.34. The molecule has 0 aromatic heterocycles. The van der Waals surface area contributed by atoms with Gasteiger partial charge >= 0.3 is 0 Å². The van der Waals surface area contributed by atoms with Gasteiger partial charge in [-0.05, 0) is 42.4 Å². The van der Waals surface area contributed by atoms with Crippen molar-refractivity contribution >= 4 is 11.6 Å². The van der Waals surface area contributed by atoms with Crippen molar-refractivity contribution in [3.63, 3.8) is 0 Å². The minimum atomic E-state index is 0.168. The molecule has 20 heavy (non-hydrogen) atoms. The molecule has 110 valence electrons. The Morgan fingerprint density at radius 1 is 1.35 bits per heavy atom. The zero-order valence-corrected chi connectivity index (χ0v) is 12.6. The van der Waals surface area contributed by atoms with Crippen LogP contribution in [0.15, 0.2) is 24.3 Å². The highest BCUT2D eigenvalue weighted by atomic mass is 16.1. The lowest BCUT2D eigenvalue weighted by atomic mass is 9.97. The van der Waals surface area contributed by atoms with E-state index >= 15 is 0 Å². The average molecular weight is 274 g/mol. The smallest absolute Gasteiger partial charge is 0.220 e. The molecule has 3 nitrogen and oxygen atoms in total. The molecule has 2 unspecified atom stereocenters. The lowest BCUT2D eigenvalue weighted by molar-refractivity contribution is -0.122. The number of amides is 1. The molecule has 1 aliphatic rings. The summed E-state index contributed by atoms with van der Waals surface area (Å²) < 4.78 is 0. The molecule has 0 radical (unpaired) electrons. The van der Waals surface area contributed by atoms with Crippen molar-refractivity contribution in [3.05, 3.63) is 29.8 Å². The minimum absolute atomic E-state index is 0.168. The number of hydrogen-bond acceptors (Lipinski definition) is 2. The Hall–Kier alpha value is -1.51. The standard InChI is InChI=1S/C17H26N2O/c1-3-16(11-13-4-5-13)19-17(20)10-12(2)14-6-8-15(18)9-7-14/h6-9,12-13,16H,3-5,10-11,18H2,1-2H3,(H,19,20). The largest absolute Gasteiger partial charge is 0.399 e. The van der Waals surface area contributed by atoms with Crippen LogP contribution in [0.25, 0.3) is 0 Å². The van der Waals surface area contributed by atoms with Crippen LogP contribution in [0.3, 0.4) is 0 Å². The maximum atomic E-state index is 12.1. The quantitative estimate of drug-likeness (QED) is 0.748. The second-order valence-corrected chi connectivity index (χ2v) is 6.12. The molecule has 1 aliphatic carbocycles. The summed E-state index contributed by atoms with van der Waals surface area (Å²) in [6, 6.07) is 8.16. The fraction of sp³-hybridized carbons (Fsp3) is 0.588. The molecule has 3 heteroatoms. The van der Waals surface area contributed by atoms with Gasteiger partial charge in [0, 0.05) is 18.2 Å². The Bertz CT molecular complexity index is 437. The first-order chi connectivity index (χ1) is 9.58. The van der Waals surface area contributed by atoms with Gasteiger partial charge in [-0.1, -0.05) is 38.8 Å². The molecule has 0 saturated heterocycles. The Morgan fingerprint density at radius 3 is 2.55 bits per heavy atom. The Morgan fingerprint density at radius 2 is 2.00 bits per heavy atom. The number of carbonyl (C=O) groups excluding carboxylic acids is 1. The zero-order chi connectivity index (χ0) is 14.5. The van der Waals surface area contributed by atoms with Crippen LogP contribution in [-0.2, 0) is 4.79 Å². The van der Waals surface area contributed by atoms with Crippen LogP contribution in [0.2, 0.25) is 0 Å². The van der Waals surface area contributed by atoms with E-state index < -0.39 is 0 Å². The van der Waals surface area contributed by atoms with Crippen LogP contribution in [0.1, 0.15) is 57.4 Å². The van der Waals surface area contributed by atoms with Crippen LogP contribution in [0, 0.1) is 5.92 Å². The van der Waals surface area contributed by atoms with E-state index in [4.69, 9.17) is 5.73 Å². The predicted molar refractivity (Wildman–Crippen MR) is 83.4 cm³/mol. The van der Waals surface area contributed by atoms with Gasteiger partial charge in [-0.15, -0.1) is 0 Å². The number of carbonyl (C=O) groups is 1. The van der Waals surface area contributed by atoms with Crippen molar-refractivity contribution in [1.82, 2.24) is 5.32 Å². The summed E-state index contributed by atoms with van der Waals surface area (Å²) in [5, 5.41) is 3.19. The van der Waals surface area contributed by atoms with E-state index in [1.807, 2.05) is 24.3 Å². The molecule has 3 N–H and O–H groups in total. The molecule has 0 bridgehead atoms. The van der Waals surface area contributed by atoms with Crippen LogP contribution >= 0.6 is 0 Å². The van der Waals surface area contributed by atoms with Crippen molar-refractivity contribution in [1.29, 1.82) is 0 Å². The fourth-order valence-electron chi connectivity index (χ4n) is 2.59. The van der Waals surface area contributed by atoms with E-state index in [0.717, 1.165) is 24.4 Å². The third-order valence-electron chi connectivity index (χ3n) is 4.17. The molecule has 1 saturated carbocycles. The van der Waals surface area contributed by atoms with Crippen LogP contribution in [0.5, 0.6) is 0 Å². The lowest BCUT2D eigenvalue weighted by Crippen LogP contribution is -2.35. The van der Waals surface area contributed by atoms with E-state index in [0.29, 0.717) is 12.5 Å². The number of nitrogen functional groups attached to an aromatic ring is 1. The van der Waals surface area contributed by atoms with Gasteiger partial charge < -0.3 is 11.1 Å². The number of benzene rings is 1. The molecule has 0 aliphatic heterocycles. The SMILES string of the molecule is CCC(CC1CC1)NC(=O)CC(C)c1ccc(N)cc1. The van der Waals surface area contributed by atoms with Gasteiger partial charge in [0.15, 0.2) is 0 Å². The first-order valence-electron chi connectivity index (χ1n) is 7.73. The second kappa shape index (κ2) is 6.78. The highest BCUT2D eigenvalue weighted by Gasteiger charge is 2.25. The minimum Gasteiger partial charge on any atom is -0.399 e. The summed E-state index contributed by atoms with van der Waals surface area (Å²) in [5.74, 6) is 1.26. The Labute approximate surface area is 121 Å². The van der Waals surface area contributed by atoms with E-state index in [-0.39, 0.29) is 11.8 Å². The maximum absolute atomic E-state index is 12.1. The fourth-order valence-corrected chi connectivity index (χ4v) is 2.59. The topological polar surface area (TPSA) is 55.1 Å². The summed E-state index contributed by atoms with van der Waals surface area (Å²) in [6.45, 7) is 4.24. The summed E-state index contributed by atoms with van der Waals surface area (Å²) in [6.07, 6.45) is 5.41. The van der Waals surface area contributed by atoms with Gasteiger partial charge in [0.1, 0.15) is 0 Å². The summed E-state index contributed by atoms with van der Waals surface area (Å²) in [4.78, 5) is 12.1. The molecular weight excluding hydrogens is 248 g/mol. The van der Waals surface area contributed by atoms with Gasteiger partial charge in [-0.2, -0.15) is 0 Å². The summed E-state index contributed by atoms with van der Waals surface area (Å²) in [7, 11) is 0. The molecule has 0 heterocycles. The number of anilines is 1. The second-order valence-electron chi connectivity index (χ2n) is 6.12. The molecular formula is C17H26N2O. The lowest BCUT2D eigenvalue weighted by Gasteiger charge is -2.18. The zero-order valence-electron chi connectivity index (χ0n) is 12.6. The van der Waals surface area contributed by atoms with Gasteiger partial charge in [-0.25, -0.2) is 0 Å². The van der Waals surface area contributed by atoms with Crippen LogP contribution in [-0.4, -0.2) is 11.9 Å². The third kappa shape index (κ3) is 4.55. The van der Waals surface area contributed by atoms with Crippen molar-refractivity contribution < 1.29 is 4.79 Å². The number of rotatable bonds is 7. The molecule has 0 spiro atoms. The molecule has 1 aromatic rings. The van der Waals surface area contributed by atoms with Crippen molar-refractivity contribution in [3.8, 4) is 0 Å². The Kier molecular flexibility index (Phi) is 5.05. The summed E-state index contributed by atoms with van der Waals surface area (Å²) >= 11 is 0. The van der Waals surface area contributed by atoms with Crippen LogP contribution < -0.4 is 11.1 Å². The maximum Gasteiger partial charge on any atom is 0.220 e. The average Bonchev–Trinajstić information content (AvgIpc) is 3.22. The van der Waals surface area contributed by atoms with Crippen molar-refractivity contribution in [2.24, 2.45) is 5.92 Å². The number of nitrogens with two attached hydrogens (primary N) is 1. The van der Waals surface area contributed by atoms with E-state index in [2.05, 4.69) is 19.2 Å². The van der Waals surface area contributed by atoms with Gasteiger partial charge in [0.05, 0.1) is 0 Å². The van der Waals surface area contributed by atoms with E-state index in [1.165, 1.54) is 18.4 Å². The number of nitrogens with one attached hydrogen (secondary N) is 1.